The molecule has 0 aromatic heterocycles. The van der Waals surface area contributed by atoms with Crippen LogP contribution in [0.25, 0.3) is 33.4 Å². The number of nitrogens with zero attached hydrogens (tertiary/aromatic N) is 4. The van der Waals surface area contributed by atoms with E-state index >= 15 is 0 Å². The molecule has 0 unspecified atom stereocenters. The highest BCUT2D eigenvalue weighted by molar-refractivity contribution is 6.17. The molecule has 3 heterocycles. The van der Waals surface area contributed by atoms with Gasteiger partial charge >= 0.3 is 17.9 Å². The Morgan fingerprint density at radius 3 is 2.10 bits per heavy atom. The molecule has 2 amide bonds. The number of esters is 2. The van der Waals surface area contributed by atoms with Crippen LogP contribution in [0.5, 0.6) is 11.5 Å². The number of carboxylic acids is 1. The number of methoxy groups -OCH3 is 2. The first-order valence-electron chi connectivity index (χ1n) is 28.1. The Labute approximate surface area is 482 Å². The van der Waals surface area contributed by atoms with Gasteiger partial charge in [-0.1, -0.05) is 25.0 Å². The Bertz CT molecular complexity index is 3230. The quantitative estimate of drug-likeness (QED) is 0.0123. The number of fused-ring (bicyclic) bond motifs is 2. The van der Waals surface area contributed by atoms with E-state index in [0.717, 1.165) is 61.9 Å². The smallest absolute Gasteiger partial charge is 0.336 e. The fourth-order valence-corrected chi connectivity index (χ4v) is 10.1. The lowest BCUT2D eigenvalue weighted by Gasteiger charge is -2.33. The van der Waals surface area contributed by atoms with E-state index in [1.807, 2.05) is 84.3 Å². The SMILES string of the molecule is CCN(CC(=O)OC)c1ccccc1OCCOc1cc(NC(=O)C2C[N+](=c3ccc4c(-c5cc(C(=O)NCCOCCOCCCCCCCl)ccc5C(=O)O)c5ccc(N6CCC6)cc5oc-4c3)C2)ccc1N(CC)CC(=O)OC. The number of anilines is 4. The molecule has 2 saturated heterocycles. The number of hydrogen-bond acceptors (Lipinski definition) is 15. The second kappa shape index (κ2) is 29.7. The van der Waals surface area contributed by atoms with Gasteiger partial charge in [-0.3, -0.25) is 19.2 Å². The normalized spacial score (nSPS) is 13.7. The Balaban J connectivity index is 0.985. The summed E-state index contributed by atoms with van der Waals surface area (Å²) in [4.78, 5) is 71.1. The average molecular weight is 1150 g/mol. The molecule has 0 bridgehead atoms. The van der Waals surface area contributed by atoms with Crippen LogP contribution in [0.1, 0.15) is 66.7 Å². The van der Waals surface area contributed by atoms with Gasteiger partial charge in [0.25, 0.3) is 5.91 Å². The highest BCUT2D eigenvalue weighted by atomic mass is 35.5. The number of carbonyl (C=O) groups excluding carboxylic acids is 4. The number of halogens is 1. The van der Waals surface area contributed by atoms with E-state index in [1.165, 1.54) is 26.4 Å². The number of aromatic carboxylic acids is 1. The summed E-state index contributed by atoms with van der Waals surface area (Å²) in [5.74, 6) is -0.703. The third-order valence-corrected chi connectivity index (χ3v) is 14.9. The summed E-state index contributed by atoms with van der Waals surface area (Å²) in [5, 5.41) is 18.1. The molecule has 8 rings (SSSR count). The number of amides is 2. The zero-order valence-electron chi connectivity index (χ0n) is 47.2. The average Bonchev–Trinajstić information content (AvgIpc) is 1.99. The Hall–Kier alpha value is -7.87. The number of benzene rings is 5. The van der Waals surface area contributed by atoms with Gasteiger partial charge in [-0.2, -0.15) is 0 Å². The van der Waals surface area contributed by atoms with E-state index in [0.29, 0.717) is 114 Å². The minimum absolute atomic E-state index is 0.0239. The van der Waals surface area contributed by atoms with Crippen molar-refractivity contribution in [3.05, 3.63) is 114 Å². The van der Waals surface area contributed by atoms with Crippen molar-refractivity contribution < 1.29 is 61.9 Å². The van der Waals surface area contributed by atoms with Gasteiger partial charge in [-0.15, -0.1) is 11.6 Å². The van der Waals surface area contributed by atoms with E-state index < -0.39 is 11.9 Å². The third kappa shape index (κ3) is 15.4. The molecule has 1 aliphatic carbocycles. The molecule has 0 radical (unpaired) electrons. The summed E-state index contributed by atoms with van der Waals surface area (Å²) < 4.78 is 42.5. The maximum Gasteiger partial charge on any atom is 0.336 e. The van der Waals surface area contributed by atoms with Crippen LogP contribution in [0, 0.1) is 5.92 Å². The molecular formula is C62H74ClN6O13+. The number of ether oxygens (including phenoxy) is 6. The van der Waals surface area contributed by atoms with E-state index in [9.17, 15) is 29.1 Å². The van der Waals surface area contributed by atoms with Gasteiger partial charge in [-0.25, -0.2) is 9.37 Å². The van der Waals surface area contributed by atoms with Crippen LogP contribution in [0.3, 0.4) is 0 Å². The third-order valence-electron chi connectivity index (χ3n) is 14.6. The molecule has 20 heteroatoms. The zero-order valence-corrected chi connectivity index (χ0v) is 47.9. The molecule has 0 spiro atoms. The highest BCUT2D eigenvalue weighted by Crippen LogP contribution is 2.43. The number of unbranched alkanes of at least 4 members (excludes halogenated alkanes) is 3. The van der Waals surface area contributed by atoms with Crippen molar-refractivity contribution in [1.29, 1.82) is 0 Å². The van der Waals surface area contributed by atoms with E-state index in [-0.39, 0.29) is 68.7 Å². The monoisotopic (exact) mass is 1150 g/mol. The van der Waals surface area contributed by atoms with Crippen molar-refractivity contribution in [2.75, 3.05) is 139 Å². The first-order chi connectivity index (χ1) is 39.9. The molecule has 0 saturated carbocycles. The lowest BCUT2D eigenvalue weighted by Crippen LogP contribution is -2.53. The van der Waals surface area contributed by atoms with Gasteiger partial charge < -0.3 is 63.3 Å². The van der Waals surface area contributed by atoms with Crippen LogP contribution in [0.4, 0.5) is 22.7 Å². The predicted octanol–water partition coefficient (Wildman–Crippen LogP) is 8.17. The van der Waals surface area contributed by atoms with Crippen LogP contribution in [-0.4, -0.2) is 153 Å². The van der Waals surface area contributed by atoms with Crippen molar-refractivity contribution >= 4 is 75.0 Å². The van der Waals surface area contributed by atoms with Gasteiger partial charge in [0.1, 0.15) is 49.1 Å². The van der Waals surface area contributed by atoms with Crippen LogP contribution >= 0.6 is 11.6 Å². The minimum Gasteiger partial charge on any atom is -0.488 e. The minimum atomic E-state index is -1.14. The Kier molecular flexibility index (Phi) is 21.8. The molecule has 3 aliphatic heterocycles. The maximum absolute atomic E-state index is 13.9. The fraction of sp³-hybridized carbons (Fsp3) is 0.419. The summed E-state index contributed by atoms with van der Waals surface area (Å²) in [6, 6.07) is 29.0. The molecule has 4 aromatic rings. The van der Waals surface area contributed by atoms with Crippen molar-refractivity contribution in [1.82, 2.24) is 9.89 Å². The van der Waals surface area contributed by atoms with Crippen molar-refractivity contribution in [3.8, 4) is 33.9 Å². The van der Waals surface area contributed by atoms with E-state index in [1.54, 1.807) is 24.3 Å². The lowest BCUT2D eigenvalue weighted by molar-refractivity contribution is -0.139. The number of carbonyl (C=O) groups is 5. The molecule has 4 aliphatic rings. The first-order valence-corrected chi connectivity index (χ1v) is 28.6. The molecule has 2 fully saturated rings. The number of likely N-dealkylation sites (N-methyl/N-ethyl adjacent to an activating group) is 2. The van der Waals surface area contributed by atoms with Gasteiger partial charge in [0, 0.05) is 96.9 Å². The van der Waals surface area contributed by atoms with Gasteiger partial charge in [0.15, 0.2) is 19.0 Å². The van der Waals surface area contributed by atoms with E-state index in [2.05, 4.69) is 20.1 Å². The summed E-state index contributed by atoms with van der Waals surface area (Å²) in [6.45, 7) is 9.84. The molecule has 4 aromatic carbocycles. The summed E-state index contributed by atoms with van der Waals surface area (Å²) in [5.41, 5.74) is 5.35. The summed E-state index contributed by atoms with van der Waals surface area (Å²) >= 11 is 5.75. The first kappa shape index (κ1) is 60.2. The standard InChI is InChI=1S/C62H73ClN6O13/c1-5-66(40-57(70)76-3)51-14-9-10-15-53(51)80-32-33-81-56-35-44(17-23-52(56)67(6-2)41-58(71)77-4)65-61(73)43-38-69(39-43)46-19-22-49-55(37-46)82-54-36-45(68-26-13-27-68)18-21-48(54)59(49)50-34-42(16-20-47(50)62(74)75)60(72)64-25-29-79-31-30-78-28-12-8-7-11-24-63/h9-10,14-23,34-37,43H,5-8,11-13,24-33,38-41H2,1-4H3,(H2-,64,65,72,73,74,75)/p+1. The van der Waals surface area contributed by atoms with Crippen molar-refractivity contribution in [2.24, 2.45) is 5.92 Å². The summed E-state index contributed by atoms with van der Waals surface area (Å²) in [6.07, 6.45) is 5.22. The number of alkyl halides is 1. The second-order valence-electron chi connectivity index (χ2n) is 19.9. The van der Waals surface area contributed by atoms with Crippen molar-refractivity contribution in [3.63, 3.8) is 0 Å². The molecule has 3 N–H and O–H groups in total. The zero-order chi connectivity index (χ0) is 58.0. The van der Waals surface area contributed by atoms with Crippen LogP contribution < -0.4 is 44.7 Å². The van der Waals surface area contributed by atoms with Gasteiger partial charge in [0.05, 0.1) is 57.0 Å². The summed E-state index contributed by atoms with van der Waals surface area (Å²) in [7, 11) is 2.68. The number of nitrogens with one attached hydrogen (secondary N) is 2. The van der Waals surface area contributed by atoms with Crippen LogP contribution in [0.2, 0.25) is 0 Å². The number of carboxylic acid groups (broad SMARTS) is 1. The maximum atomic E-state index is 13.9. The van der Waals surface area contributed by atoms with Crippen LogP contribution in [0.15, 0.2) is 101 Å². The van der Waals surface area contributed by atoms with E-state index in [4.69, 9.17) is 44.4 Å². The van der Waals surface area contributed by atoms with Gasteiger partial charge in [-0.05, 0) is 99.3 Å². The molecule has 19 nitrogen and oxygen atoms in total. The fourth-order valence-electron chi connectivity index (χ4n) is 9.90. The Morgan fingerprint density at radius 1 is 0.720 bits per heavy atom. The topological polar surface area (TPSA) is 211 Å². The van der Waals surface area contributed by atoms with Crippen molar-refractivity contribution in [2.45, 2.75) is 46.0 Å². The predicted molar refractivity (Wildman–Crippen MR) is 316 cm³/mol. The molecule has 82 heavy (non-hydrogen) atoms. The highest BCUT2D eigenvalue weighted by Gasteiger charge is 2.38. The second-order valence-corrected chi connectivity index (χ2v) is 20.3. The molecule has 436 valence electrons. The largest absolute Gasteiger partial charge is 0.488 e. The van der Waals surface area contributed by atoms with Crippen LogP contribution in [-0.2, 0) is 33.3 Å². The number of para-hydroxylation sites is 2. The Morgan fingerprint density at radius 2 is 1.41 bits per heavy atom. The number of rotatable bonds is 31. The molecule has 0 atom stereocenters. The lowest BCUT2D eigenvalue weighted by atomic mass is 9.89. The molecular weight excluding hydrogens is 1070 g/mol. The number of hydrogen-bond donors (Lipinski definition) is 3. The van der Waals surface area contributed by atoms with Gasteiger partial charge in [0.2, 0.25) is 11.3 Å².